The highest BCUT2D eigenvalue weighted by Crippen LogP contribution is 2.32. The van der Waals surface area contributed by atoms with Gasteiger partial charge in [-0.15, -0.1) is 0 Å². The molecule has 8 heteroatoms. The van der Waals surface area contributed by atoms with Crippen LogP contribution in [0.3, 0.4) is 0 Å². The van der Waals surface area contributed by atoms with E-state index in [1.165, 1.54) is 24.3 Å². The second-order valence-corrected chi connectivity index (χ2v) is 5.03. The van der Waals surface area contributed by atoms with E-state index < -0.39 is 4.92 Å². The van der Waals surface area contributed by atoms with Crippen molar-refractivity contribution in [3.63, 3.8) is 0 Å². The summed E-state index contributed by atoms with van der Waals surface area (Å²) in [5.74, 6) is 1.41. The van der Waals surface area contributed by atoms with Gasteiger partial charge in [-0.05, 0) is 6.07 Å². The standard InChI is InChI=1S/C13H13ClN4O3/c1-7(2)13-16-11(15)6-12(17-13)21-10-4-3-8(18(19)20)5-9(10)14/h3-7H,1-2H3,(H2,15,16,17). The smallest absolute Gasteiger partial charge is 0.271 e. The molecule has 1 aromatic carbocycles. The van der Waals surface area contributed by atoms with Crippen LogP contribution in [0.1, 0.15) is 25.6 Å². The lowest BCUT2D eigenvalue weighted by molar-refractivity contribution is -0.384. The predicted molar refractivity (Wildman–Crippen MR) is 78.7 cm³/mol. The molecule has 0 bridgehead atoms. The minimum absolute atomic E-state index is 0.0863. The van der Waals surface area contributed by atoms with Gasteiger partial charge in [-0.3, -0.25) is 10.1 Å². The van der Waals surface area contributed by atoms with Crippen LogP contribution in [0.15, 0.2) is 24.3 Å². The van der Waals surface area contributed by atoms with Gasteiger partial charge in [-0.25, -0.2) is 4.98 Å². The van der Waals surface area contributed by atoms with Gasteiger partial charge in [-0.1, -0.05) is 25.4 Å². The molecule has 0 unspecified atom stereocenters. The molecule has 0 aliphatic heterocycles. The molecule has 0 spiro atoms. The number of nitro benzene ring substituents is 1. The maximum atomic E-state index is 10.7. The summed E-state index contributed by atoms with van der Waals surface area (Å²) in [7, 11) is 0. The summed E-state index contributed by atoms with van der Waals surface area (Å²) >= 11 is 5.96. The Kier molecular flexibility index (Phi) is 4.23. The van der Waals surface area contributed by atoms with Gasteiger partial charge in [0.05, 0.1) is 9.95 Å². The van der Waals surface area contributed by atoms with Crippen molar-refractivity contribution in [3.8, 4) is 11.6 Å². The predicted octanol–water partition coefficient (Wildman–Crippen LogP) is 3.54. The average Bonchev–Trinajstić information content (AvgIpc) is 2.40. The van der Waals surface area contributed by atoms with Crippen molar-refractivity contribution in [1.29, 1.82) is 0 Å². The van der Waals surface area contributed by atoms with Gasteiger partial charge >= 0.3 is 0 Å². The molecule has 7 nitrogen and oxygen atoms in total. The second-order valence-electron chi connectivity index (χ2n) is 4.62. The molecule has 2 rings (SSSR count). The largest absolute Gasteiger partial charge is 0.437 e. The Morgan fingerprint density at radius 3 is 2.62 bits per heavy atom. The van der Waals surface area contributed by atoms with Crippen molar-refractivity contribution in [2.24, 2.45) is 0 Å². The van der Waals surface area contributed by atoms with Crippen molar-refractivity contribution in [1.82, 2.24) is 9.97 Å². The molecule has 0 atom stereocenters. The van der Waals surface area contributed by atoms with Gasteiger partial charge in [0.15, 0.2) is 0 Å². The normalized spacial score (nSPS) is 10.7. The molecule has 21 heavy (non-hydrogen) atoms. The summed E-state index contributed by atoms with van der Waals surface area (Å²) in [5.41, 5.74) is 5.59. The zero-order valence-corrected chi connectivity index (χ0v) is 12.2. The number of non-ortho nitro benzene ring substituents is 1. The highest BCUT2D eigenvalue weighted by atomic mass is 35.5. The summed E-state index contributed by atoms with van der Waals surface area (Å²) in [6, 6.07) is 5.39. The van der Waals surface area contributed by atoms with Gasteiger partial charge < -0.3 is 10.5 Å². The Bertz CT molecular complexity index is 691. The number of halogens is 1. The Hall–Kier alpha value is -2.41. The van der Waals surface area contributed by atoms with E-state index in [-0.39, 0.29) is 34.1 Å². The van der Waals surface area contributed by atoms with E-state index in [2.05, 4.69) is 9.97 Å². The lowest BCUT2D eigenvalue weighted by Crippen LogP contribution is -2.03. The molecule has 2 N–H and O–H groups in total. The number of aromatic nitrogens is 2. The molecule has 1 aromatic heterocycles. The van der Waals surface area contributed by atoms with Crippen LogP contribution < -0.4 is 10.5 Å². The lowest BCUT2D eigenvalue weighted by atomic mass is 10.2. The molecule has 110 valence electrons. The SMILES string of the molecule is CC(C)c1nc(N)cc(Oc2ccc([N+](=O)[O-])cc2Cl)n1. The topological polar surface area (TPSA) is 104 Å². The van der Waals surface area contributed by atoms with E-state index in [9.17, 15) is 10.1 Å². The molecule has 0 amide bonds. The quantitative estimate of drug-likeness (QED) is 0.684. The maximum Gasteiger partial charge on any atom is 0.271 e. The molecule has 0 saturated carbocycles. The number of anilines is 1. The fraction of sp³-hybridized carbons (Fsp3) is 0.231. The maximum absolute atomic E-state index is 10.7. The van der Waals surface area contributed by atoms with Crippen LogP contribution in [0, 0.1) is 10.1 Å². The van der Waals surface area contributed by atoms with E-state index in [1.54, 1.807) is 0 Å². The van der Waals surface area contributed by atoms with E-state index in [0.717, 1.165) is 0 Å². The van der Waals surface area contributed by atoms with Crippen LogP contribution in [0.2, 0.25) is 5.02 Å². The molecule has 0 radical (unpaired) electrons. The zero-order valence-electron chi connectivity index (χ0n) is 11.4. The number of ether oxygens (including phenoxy) is 1. The number of rotatable bonds is 4. The molecular weight excluding hydrogens is 296 g/mol. The van der Waals surface area contributed by atoms with Crippen LogP contribution in [0.25, 0.3) is 0 Å². The fourth-order valence-electron chi connectivity index (χ4n) is 1.57. The number of nitrogens with zero attached hydrogens (tertiary/aromatic N) is 3. The summed E-state index contributed by atoms with van der Waals surface area (Å²) in [6.07, 6.45) is 0. The van der Waals surface area contributed by atoms with E-state index >= 15 is 0 Å². The molecular formula is C13H13ClN4O3. The van der Waals surface area contributed by atoms with Crippen LogP contribution in [-0.4, -0.2) is 14.9 Å². The monoisotopic (exact) mass is 308 g/mol. The molecule has 0 aliphatic carbocycles. The Balaban J connectivity index is 2.32. The molecule has 0 fully saturated rings. The summed E-state index contributed by atoms with van der Waals surface area (Å²) in [5, 5.41) is 10.8. The van der Waals surface area contributed by atoms with Crippen molar-refractivity contribution in [2.75, 3.05) is 5.73 Å². The van der Waals surface area contributed by atoms with E-state index in [0.29, 0.717) is 5.82 Å². The Morgan fingerprint density at radius 1 is 1.33 bits per heavy atom. The van der Waals surface area contributed by atoms with Gasteiger partial charge in [-0.2, -0.15) is 4.98 Å². The molecule has 0 saturated heterocycles. The third-order valence-corrected chi connectivity index (χ3v) is 2.89. The first-order chi connectivity index (χ1) is 9.86. The highest BCUT2D eigenvalue weighted by molar-refractivity contribution is 6.32. The van der Waals surface area contributed by atoms with Gasteiger partial charge in [0.2, 0.25) is 5.88 Å². The van der Waals surface area contributed by atoms with E-state index in [4.69, 9.17) is 22.1 Å². The van der Waals surface area contributed by atoms with Crippen LogP contribution >= 0.6 is 11.6 Å². The number of nitrogens with two attached hydrogens (primary N) is 1. The van der Waals surface area contributed by atoms with Crippen molar-refractivity contribution >= 4 is 23.1 Å². The lowest BCUT2D eigenvalue weighted by Gasteiger charge is -2.10. The first kappa shape index (κ1) is 15.0. The number of hydrogen-bond acceptors (Lipinski definition) is 6. The fourth-order valence-corrected chi connectivity index (χ4v) is 1.78. The highest BCUT2D eigenvalue weighted by Gasteiger charge is 2.13. The van der Waals surface area contributed by atoms with Gasteiger partial charge in [0.1, 0.15) is 17.4 Å². The number of nitrogen functional groups attached to an aromatic ring is 1. The Morgan fingerprint density at radius 2 is 2.05 bits per heavy atom. The van der Waals surface area contributed by atoms with Gasteiger partial charge in [0, 0.05) is 24.1 Å². The molecule has 1 heterocycles. The Labute approximate surface area is 125 Å². The minimum atomic E-state index is -0.533. The minimum Gasteiger partial charge on any atom is -0.437 e. The van der Waals surface area contributed by atoms with E-state index in [1.807, 2.05) is 13.8 Å². The average molecular weight is 309 g/mol. The van der Waals surface area contributed by atoms with Crippen molar-refractivity contribution < 1.29 is 9.66 Å². The summed E-state index contributed by atoms with van der Waals surface area (Å²) in [6.45, 7) is 3.86. The molecule has 0 aliphatic rings. The van der Waals surface area contributed by atoms with Gasteiger partial charge in [0.25, 0.3) is 5.69 Å². The first-order valence-corrected chi connectivity index (χ1v) is 6.51. The number of benzene rings is 1. The van der Waals surface area contributed by atoms with Crippen LogP contribution in [0.4, 0.5) is 11.5 Å². The third kappa shape index (κ3) is 3.57. The zero-order chi connectivity index (χ0) is 15.6. The summed E-state index contributed by atoms with van der Waals surface area (Å²) < 4.78 is 5.53. The molecule has 2 aromatic rings. The second kappa shape index (κ2) is 5.92. The van der Waals surface area contributed by atoms with Crippen molar-refractivity contribution in [3.05, 3.63) is 45.2 Å². The summed E-state index contributed by atoms with van der Waals surface area (Å²) in [4.78, 5) is 18.4. The third-order valence-electron chi connectivity index (χ3n) is 2.60. The number of nitro groups is 1. The first-order valence-electron chi connectivity index (χ1n) is 6.13. The van der Waals surface area contributed by atoms with Crippen LogP contribution in [0.5, 0.6) is 11.6 Å². The van der Waals surface area contributed by atoms with Crippen LogP contribution in [-0.2, 0) is 0 Å². The number of hydrogen-bond donors (Lipinski definition) is 1. The van der Waals surface area contributed by atoms with Crippen molar-refractivity contribution in [2.45, 2.75) is 19.8 Å².